The van der Waals surface area contributed by atoms with E-state index in [1.54, 1.807) is 0 Å². The van der Waals surface area contributed by atoms with Gasteiger partial charge in [0.05, 0.1) is 6.04 Å². The zero-order valence-corrected chi connectivity index (χ0v) is 13.3. The number of carbonyl (C=O) groups is 2. The van der Waals surface area contributed by atoms with Crippen molar-refractivity contribution in [2.45, 2.75) is 51.6 Å². The Morgan fingerprint density at radius 2 is 2.18 bits per heavy atom. The van der Waals surface area contributed by atoms with Crippen molar-refractivity contribution >= 4 is 17.5 Å². The van der Waals surface area contributed by atoms with Crippen molar-refractivity contribution in [3.63, 3.8) is 0 Å². The highest BCUT2D eigenvalue weighted by atomic mass is 16.2. The quantitative estimate of drug-likeness (QED) is 0.845. The number of nitrogens with one attached hydrogen (secondary N) is 1. The van der Waals surface area contributed by atoms with Gasteiger partial charge < -0.3 is 16.0 Å². The number of hydrogen-bond donors (Lipinski definition) is 2. The summed E-state index contributed by atoms with van der Waals surface area (Å²) >= 11 is 0. The molecule has 1 fully saturated rings. The van der Waals surface area contributed by atoms with Crippen LogP contribution in [-0.4, -0.2) is 24.4 Å². The van der Waals surface area contributed by atoms with Crippen molar-refractivity contribution < 1.29 is 9.59 Å². The largest absolute Gasteiger partial charge is 0.350 e. The summed E-state index contributed by atoms with van der Waals surface area (Å²) in [4.78, 5) is 25.5. The summed E-state index contributed by atoms with van der Waals surface area (Å²) in [7, 11) is 0. The van der Waals surface area contributed by atoms with Gasteiger partial charge in [0.15, 0.2) is 0 Å². The third-order valence-electron chi connectivity index (χ3n) is 3.96. The van der Waals surface area contributed by atoms with E-state index in [2.05, 4.69) is 5.32 Å². The molecule has 1 aliphatic rings. The monoisotopic (exact) mass is 303 g/mol. The van der Waals surface area contributed by atoms with Gasteiger partial charge in [-0.25, -0.2) is 0 Å². The van der Waals surface area contributed by atoms with Crippen LogP contribution in [0.5, 0.6) is 0 Å². The topological polar surface area (TPSA) is 75.4 Å². The van der Waals surface area contributed by atoms with E-state index in [0.29, 0.717) is 19.3 Å². The summed E-state index contributed by atoms with van der Waals surface area (Å²) in [6.45, 7) is 4.62. The van der Waals surface area contributed by atoms with Crippen molar-refractivity contribution in [3.8, 4) is 0 Å². The molecule has 2 unspecified atom stereocenters. The van der Waals surface area contributed by atoms with Crippen LogP contribution in [0.15, 0.2) is 24.3 Å². The molecule has 1 heterocycles. The van der Waals surface area contributed by atoms with Crippen molar-refractivity contribution in [3.05, 3.63) is 29.8 Å². The molecule has 5 nitrogen and oxygen atoms in total. The number of hydrogen-bond acceptors (Lipinski definition) is 3. The van der Waals surface area contributed by atoms with E-state index in [4.69, 9.17) is 5.73 Å². The van der Waals surface area contributed by atoms with Gasteiger partial charge in [0.2, 0.25) is 11.8 Å². The van der Waals surface area contributed by atoms with E-state index in [0.717, 1.165) is 24.2 Å². The summed E-state index contributed by atoms with van der Waals surface area (Å²) in [5.41, 5.74) is 7.59. The van der Waals surface area contributed by atoms with Crippen molar-refractivity contribution in [2.24, 2.45) is 5.73 Å². The lowest BCUT2D eigenvalue weighted by Gasteiger charge is -2.19. The Hall–Kier alpha value is -1.88. The Morgan fingerprint density at radius 1 is 1.41 bits per heavy atom. The fraction of sp³-hybridized carbons (Fsp3) is 0.529. The maximum Gasteiger partial charge on any atom is 0.227 e. The van der Waals surface area contributed by atoms with Gasteiger partial charge >= 0.3 is 0 Å². The van der Waals surface area contributed by atoms with E-state index >= 15 is 0 Å². The summed E-state index contributed by atoms with van der Waals surface area (Å²) in [5.74, 6) is 0.179. The first-order valence-corrected chi connectivity index (χ1v) is 7.92. The van der Waals surface area contributed by atoms with Gasteiger partial charge in [-0.3, -0.25) is 9.59 Å². The molecular weight excluding hydrogens is 278 g/mol. The molecule has 5 heteroatoms. The predicted molar refractivity (Wildman–Crippen MR) is 87.5 cm³/mol. The highest BCUT2D eigenvalue weighted by Gasteiger charge is 2.22. The zero-order chi connectivity index (χ0) is 16.1. The first-order valence-electron chi connectivity index (χ1n) is 7.92. The van der Waals surface area contributed by atoms with Crippen LogP contribution in [0.25, 0.3) is 0 Å². The van der Waals surface area contributed by atoms with Crippen molar-refractivity contribution in [1.82, 2.24) is 5.32 Å². The maximum absolute atomic E-state index is 11.9. The highest BCUT2D eigenvalue weighted by molar-refractivity contribution is 5.95. The predicted octanol–water partition coefficient (Wildman–Crippen LogP) is 2.12. The number of amides is 2. The van der Waals surface area contributed by atoms with Gasteiger partial charge in [-0.05, 0) is 44.4 Å². The van der Waals surface area contributed by atoms with Crippen molar-refractivity contribution in [1.29, 1.82) is 0 Å². The normalized spacial score (nSPS) is 17.4. The summed E-state index contributed by atoms with van der Waals surface area (Å²) in [6.07, 6.45) is 2.65. The summed E-state index contributed by atoms with van der Waals surface area (Å²) < 4.78 is 0. The van der Waals surface area contributed by atoms with Crippen LogP contribution in [0.4, 0.5) is 5.69 Å². The molecule has 2 rings (SSSR count). The van der Waals surface area contributed by atoms with Crippen LogP contribution in [0.2, 0.25) is 0 Å². The van der Waals surface area contributed by atoms with Crippen LogP contribution in [0.3, 0.4) is 0 Å². The number of nitrogens with zero attached hydrogens (tertiary/aromatic N) is 1. The number of rotatable bonds is 6. The molecule has 0 aromatic heterocycles. The summed E-state index contributed by atoms with van der Waals surface area (Å²) in [5, 5.41) is 2.98. The minimum absolute atomic E-state index is 0.00690. The SMILES string of the molecule is CC(N)CCC(=O)NC(C)c1cccc(N2CCCC2=O)c1. The third kappa shape index (κ3) is 4.31. The van der Waals surface area contributed by atoms with Gasteiger partial charge in [0, 0.05) is 31.1 Å². The number of nitrogens with two attached hydrogens (primary N) is 1. The van der Waals surface area contributed by atoms with Gasteiger partial charge in [-0.2, -0.15) is 0 Å². The Bertz CT molecular complexity index is 542. The van der Waals surface area contributed by atoms with Gasteiger partial charge in [0.1, 0.15) is 0 Å². The minimum atomic E-state index is -0.0850. The molecule has 1 aromatic rings. The lowest BCUT2D eigenvalue weighted by Crippen LogP contribution is -2.28. The molecule has 120 valence electrons. The lowest BCUT2D eigenvalue weighted by atomic mass is 10.1. The molecule has 1 aliphatic heterocycles. The molecule has 0 aliphatic carbocycles. The molecular formula is C17H25N3O2. The number of anilines is 1. The molecule has 3 N–H and O–H groups in total. The average Bonchev–Trinajstić information content (AvgIpc) is 2.91. The maximum atomic E-state index is 11.9. The standard InChI is InChI=1S/C17H25N3O2/c1-12(18)8-9-16(21)19-13(2)14-5-3-6-15(11-14)20-10-4-7-17(20)22/h3,5-6,11-13H,4,7-10,18H2,1-2H3,(H,19,21). The Morgan fingerprint density at radius 3 is 2.82 bits per heavy atom. The average molecular weight is 303 g/mol. The van der Waals surface area contributed by atoms with E-state index in [1.807, 2.05) is 43.0 Å². The molecule has 22 heavy (non-hydrogen) atoms. The first-order chi connectivity index (χ1) is 10.5. The molecule has 1 saturated heterocycles. The van der Waals surface area contributed by atoms with Crippen LogP contribution in [0, 0.1) is 0 Å². The second-order valence-electron chi connectivity index (χ2n) is 6.05. The summed E-state index contributed by atoms with van der Waals surface area (Å²) in [6, 6.07) is 7.78. The molecule has 2 atom stereocenters. The molecule has 2 amide bonds. The Balaban J connectivity index is 1.99. The lowest BCUT2D eigenvalue weighted by molar-refractivity contribution is -0.122. The second-order valence-corrected chi connectivity index (χ2v) is 6.05. The third-order valence-corrected chi connectivity index (χ3v) is 3.96. The second kappa shape index (κ2) is 7.40. The van der Waals surface area contributed by atoms with E-state index in [-0.39, 0.29) is 23.9 Å². The van der Waals surface area contributed by atoms with Gasteiger partial charge in [-0.15, -0.1) is 0 Å². The van der Waals surface area contributed by atoms with Crippen LogP contribution < -0.4 is 16.0 Å². The van der Waals surface area contributed by atoms with Crippen LogP contribution >= 0.6 is 0 Å². The van der Waals surface area contributed by atoms with Gasteiger partial charge in [-0.1, -0.05) is 12.1 Å². The highest BCUT2D eigenvalue weighted by Crippen LogP contribution is 2.24. The number of benzene rings is 1. The Kier molecular flexibility index (Phi) is 5.55. The smallest absolute Gasteiger partial charge is 0.227 e. The number of carbonyl (C=O) groups excluding carboxylic acids is 2. The molecule has 0 saturated carbocycles. The van der Waals surface area contributed by atoms with Crippen LogP contribution in [-0.2, 0) is 9.59 Å². The molecule has 0 radical (unpaired) electrons. The van der Waals surface area contributed by atoms with E-state index in [1.165, 1.54) is 0 Å². The zero-order valence-electron chi connectivity index (χ0n) is 13.3. The van der Waals surface area contributed by atoms with E-state index < -0.39 is 0 Å². The first kappa shape index (κ1) is 16.5. The fourth-order valence-electron chi connectivity index (χ4n) is 2.64. The van der Waals surface area contributed by atoms with Crippen LogP contribution in [0.1, 0.15) is 51.1 Å². The van der Waals surface area contributed by atoms with Gasteiger partial charge in [0.25, 0.3) is 0 Å². The molecule has 0 bridgehead atoms. The Labute approximate surface area is 131 Å². The molecule has 0 spiro atoms. The minimum Gasteiger partial charge on any atom is -0.350 e. The fourth-order valence-corrected chi connectivity index (χ4v) is 2.64. The molecule has 1 aromatic carbocycles. The van der Waals surface area contributed by atoms with E-state index in [9.17, 15) is 9.59 Å². The van der Waals surface area contributed by atoms with Crippen molar-refractivity contribution in [2.75, 3.05) is 11.4 Å².